The Kier molecular flexibility index (Phi) is 15.2. The molecular weight excluding hydrogens is 793 g/mol. The van der Waals surface area contributed by atoms with Crippen LogP contribution < -0.4 is 9.47 Å². The van der Waals surface area contributed by atoms with Gasteiger partial charge in [0.2, 0.25) is 5.79 Å². The Morgan fingerprint density at radius 1 is 1.00 bits per heavy atom. The second-order valence-corrected chi connectivity index (χ2v) is 17.3. The van der Waals surface area contributed by atoms with Gasteiger partial charge in [0.25, 0.3) is 5.69 Å². The third kappa shape index (κ3) is 10.5. The molecule has 6 atom stereocenters. The number of fused-ring (bicyclic) bond motifs is 2. The minimum atomic E-state index is -1.10. The lowest BCUT2D eigenvalue weighted by atomic mass is 9.56. The summed E-state index contributed by atoms with van der Waals surface area (Å²) < 4.78 is 20.8. The highest BCUT2D eigenvalue weighted by Gasteiger charge is 2.64. The number of nitrogens with zero attached hydrogens (tertiary/aromatic N) is 4. The van der Waals surface area contributed by atoms with Gasteiger partial charge in [-0.2, -0.15) is 11.8 Å². The van der Waals surface area contributed by atoms with Gasteiger partial charge in [-0.1, -0.05) is 36.2 Å². The Balaban J connectivity index is 1.33. The quantitative estimate of drug-likeness (QED) is 0.0336. The summed E-state index contributed by atoms with van der Waals surface area (Å²) in [6.07, 6.45) is 13.9. The summed E-state index contributed by atoms with van der Waals surface area (Å²) in [6.45, 7) is 6.99. The normalized spacial score (nSPS) is 23.3. The average molecular weight is 849 g/mol. The van der Waals surface area contributed by atoms with Crippen LogP contribution in [-0.2, 0) is 29.2 Å². The Morgan fingerprint density at radius 3 is 2.52 bits per heavy atom. The first kappa shape index (κ1) is 44.0. The maximum atomic E-state index is 11.3. The summed E-state index contributed by atoms with van der Waals surface area (Å²) in [6, 6.07) is 22.4. The van der Waals surface area contributed by atoms with Crippen LogP contribution >= 0.6 is 11.8 Å². The first-order valence-corrected chi connectivity index (χ1v) is 22.4. The first-order valence-electron chi connectivity index (χ1n) is 21.3. The van der Waals surface area contributed by atoms with Gasteiger partial charge in [-0.15, -0.1) is 6.58 Å². The van der Waals surface area contributed by atoms with Crippen molar-refractivity contribution in [2.24, 2.45) is 22.9 Å². The van der Waals surface area contributed by atoms with Crippen molar-refractivity contribution < 1.29 is 34.2 Å². The Bertz CT molecular complexity index is 2150. The zero-order valence-electron chi connectivity index (χ0n) is 34.8. The number of oxime groups is 1. The molecule has 1 saturated carbocycles. The highest BCUT2D eigenvalue weighted by Crippen LogP contribution is 2.62. The van der Waals surface area contributed by atoms with Crippen molar-refractivity contribution in [3.63, 3.8) is 0 Å². The zero-order valence-corrected chi connectivity index (χ0v) is 35.6. The monoisotopic (exact) mass is 848 g/mol. The molecule has 0 radical (unpaired) electrons. The lowest BCUT2D eigenvalue weighted by Crippen LogP contribution is -2.64. The summed E-state index contributed by atoms with van der Waals surface area (Å²) >= 11 is 1.80. The van der Waals surface area contributed by atoms with Gasteiger partial charge in [0.15, 0.2) is 0 Å². The fourth-order valence-corrected chi connectivity index (χ4v) is 10.6. The van der Waals surface area contributed by atoms with E-state index in [1.54, 1.807) is 30.0 Å². The van der Waals surface area contributed by atoms with Crippen LogP contribution in [0.3, 0.4) is 0 Å². The molecule has 2 N–H and O–H groups in total. The molecule has 0 unspecified atom stereocenters. The number of allylic oxidation sites excluding steroid dienone is 1. The highest BCUT2D eigenvalue weighted by atomic mass is 32.2. The number of nitro groups is 1. The lowest BCUT2D eigenvalue weighted by Gasteiger charge is -2.58. The van der Waals surface area contributed by atoms with E-state index >= 15 is 0 Å². The largest absolute Gasteiger partial charge is 0.487 e. The number of thioether (sulfide) groups is 1. The summed E-state index contributed by atoms with van der Waals surface area (Å²) in [5.41, 5.74) is 6.62. The van der Waals surface area contributed by atoms with Crippen LogP contribution in [0.15, 0.2) is 115 Å². The lowest BCUT2D eigenvalue weighted by molar-refractivity contribution is -0.384. The van der Waals surface area contributed by atoms with Gasteiger partial charge in [0.1, 0.15) is 24.7 Å². The molecule has 0 bridgehead atoms. The van der Waals surface area contributed by atoms with E-state index in [1.807, 2.05) is 61.8 Å². The SMILES string of the molecule is C=CCO[C@@]12Oc3ccc(OCc4cccc(C)n4)cc3[C@H]3[C@H](CCCCO)[C@@H](CCCCO)C=C(C(=NOCc4ccc([N+](=O)[O-])cc4)C[C@@H]1SCCc1ccncc1)[C@H]32. The molecule has 7 rings (SSSR count). The molecule has 2 aromatic heterocycles. The van der Waals surface area contributed by atoms with Crippen molar-refractivity contribution in [3.05, 3.63) is 148 Å². The number of non-ortho nitro benzene ring substituents is 1. The highest BCUT2D eigenvalue weighted by molar-refractivity contribution is 8.00. The van der Waals surface area contributed by atoms with Crippen LogP contribution in [0, 0.1) is 34.8 Å². The predicted octanol–water partition coefficient (Wildman–Crippen LogP) is 9.08. The number of pyridine rings is 2. The number of benzene rings is 2. The minimum Gasteiger partial charge on any atom is -0.487 e. The summed E-state index contributed by atoms with van der Waals surface area (Å²) in [5.74, 6) is 1.05. The number of aliphatic hydroxyl groups excluding tert-OH is 2. The van der Waals surface area contributed by atoms with Crippen molar-refractivity contribution in [1.82, 2.24) is 9.97 Å². The van der Waals surface area contributed by atoms with E-state index < -0.39 is 10.7 Å². The van der Waals surface area contributed by atoms with Crippen LogP contribution in [0.4, 0.5) is 5.69 Å². The maximum absolute atomic E-state index is 11.3. The second-order valence-electron chi connectivity index (χ2n) is 16.0. The van der Waals surface area contributed by atoms with Gasteiger partial charge in [-0.3, -0.25) is 20.1 Å². The maximum Gasteiger partial charge on any atom is 0.269 e. The molecule has 0 saturated heterocycles. The van der Waals surface area contributed by atoms with E-state index in [4.69, 9.17) is 24.2 Å². The zero-order chi connectivity index (χ0) is 42.6. The molecule has 0 amide bonds. The molecule has 12 nitrogen and oxygen atoms in total. The summed E-state index contributed by atoms with van der Waals surface area (Å²) in [5, 5.41) is 35.8. The van der Waals surface area contributed by atoms with Crippen LogP contribution in [0.2, 0.25) is 0 Å². The summed E-state index contributed by atoms with van der Waals surface area (Å²) in [7, 11) is 0. The number of ether oxygens (including phenoxy) is 3. The average Bonchev–Trinajstić information content (AvgIpc) is 3.27. The minimum absolute atomic E-state index is 0.0157. The van der Waals surface area contributed by atoms with Gasteiger partial charge < -0.3 is 29.3 Å². The van der Waals surface area contributed by atoms with Crippen molar-refractivity contribution in [1.29, 1.82) is 0 Å². The van der Waals surface area contributed by atoms with E-state index in [1.165, 1.54) is 17.7 Å². The van der Waals surface area contributed by atoms with Crippen LogP contribution in [-0.4, -0.2) is 67.4 Å². The molecule has 2 aliphatic carbocycles. The van der Waals surface area contributed by atoms with E-state index in [0.29, 0.717) is 31.6 Å². The Hall–Kier alpha value is -5.08. The van der Waals surface area contributed by atoms with E-state index in [2.05, 4.69) is 28.7 Å². The van der Waals surface area contributed by atoms with Gasteiger partial charge >= 0.3 is 0 Å². The van der Waals surface area contributed by atoms with Crippen LogP contribution in [0.5, 0.6) is 11.5 Å². The second kappa shape index (κ2) is 21.1. The molecule has 0 spiro atoms. The van der Waals surface area contributed by atoms with Crippen molar-refractivity contribution in [3.8, 4) is 11.5 Å². The van der Waals surface area contributed by atoms with Gasteiger partial charge in [0, 0.05) is 61.3 Å². The van der Waals surface area contributed by atoms with Crippen molar-refractivity contribution >= 4 is 23.2 Å². The fraction of sp³-hybridized carbons (Fsp3) is 0.438. The Labute approximate surface area is 362 Å². The number of nitro benzene ring substituents is 1. The molecular formula is C48H56N4O8S. The number of hydrogen-bond acceptors (Lipinski definition) is 12. The van der Waals surface area contributed by atoms with Crippen molar-refractivity contribution in [2.75, 3.05) is 25.6 Å². The third-order valence-electron chi connectivity index (χ3n) is 12.0. The number of hydrogen-bond donors (Lipinski definition) is 2. The number of aromatic nitrogens is 2. The standard InChI is InChI=1S/C48H56N4O8S/c1-3-26-58-48-45(61-27-21-34-19-22-49-23-20-34)30-43(51-59-31-35-13-15-38(16-14-35)52(55)56)41-28-36(10-4-6-24-53)40(12-5-7-25-54)46(47(41)48)42-29-39(17-18-44(42)60-48)57-32-37-11-8-9-33(2)50-37/h3,8-9,11,13-20,22-23,28-29,36,40,45-47,53-54H,1,4-7,10,12,21,24-27,30-32H2,2H3/t36-,40+,45-,46+,47+,48+/m0/s1. The van der Waals surface area contributed by atoms with Gasteiger partial charge in [-0.05, 0) is 128 Å². The van der Waals surface area contributed by atoms with E-state index in [0.717, 1.165) is 77.4 Å². The van der Waals surface area contributed by atoms with Gasteiger partial charge in [-0.25, -0.2) is 0 Å². The molecule has 1 fully saturated rings. The fourth-order valence-electron chi connectivity index (χ4n) is 9.17. The first-order chi connectivity index (χ1) is 29.8. The third-order valence-corrected chi connectivity index (χ3v) is 13.3. The molecule has 2 aromatic carbocycles. The van der Waals surface area contributed by atoms with Crippen molar-refractivity contribution in [2.45, 2.75) is 88.5 Å². The van der Waals surface area contributed by atoms with Crippen LogP contribution in [0.25, 0.3) is 0 Å². The number of unbranched alkanes of at least 4 members (excludes halogenated alkanes) is 2. The molecule has 13 heteroatoms. The van der Waals surface area contributed by atoms with Gasteiger partial charge in [0.05, 0.1) is 34.1 Å². The van der Waals surface area contributed by atoms with E-state index in [-0.39, 0.29) is 61.0 Å². The molecule has 3 heterocycles. The molecule has 61 heavy (non-hydrogen) atoms. The number of aliphatic hydroxyl groups is 2. The topological polar surface area (TPSA) is 159 Å². The summed E-state index contributed by atoms with van der Waals surface area (Å²) in [4.78, 5) is 25.9. The number of rotatable bonds is 22. The predicted molar refractivity (Wildman–Crippen MR) is 237 cm³/mol. The van der Waals surface area contributed by atoms with E-state index in [9.17, 15) is 20.3 Å². The van der Waals surface area contributed by atoms with Crippen LogP contribution in [0.1, 0.15) is 78.9 Å². The molecule has 3 aliphatic rings. The molecule has 322 valence electrons. The number of aryl methyl sites for hydroxylation is 2. The Morgan fingerprint density at radius 2 is 1.79 bits per heavy atom. The molecule has 4 aromatic rings. The molecule has 1 aliphatic heterocycles. The smallest absolute Gasteiger partial charge is 0.269 e.